The molecule has 0 N–H and O–H groups in total. The number of thiazole rings is 1. The molecule has 10 heteroatoms. The predicted molar refractivity (Wildman–Crippen MR) is 136 cm³/mol. The van der Waals surface area contributed by atoms with Gasteiger partial charge in [-0.15, -0.1) is 0 Å². The van der Waals surface area contributed by atoms with Crippen molar-refractivity contribution in [1.29, 1.82) is 0 Å². The molecule has 2 aromatic carbocycles. The van der Waals surface area contributed by atoms with Crippen molar-refractivity contribution in [3.05, 3.63) is 57.9 Å². The highest BCUT2D eigenvalue weighted by molar-refractivity contribution is 7.89. The summed E-state index contributed by atoms with van der Waals surface area (Å²) in [7, 11) is -2.04. The van der Waals surface area contributed by atoms with Crippen LogP contribution in [0.5, 0.6) is 0 Å². The number of methoxy groups -OCH3 is 1. The largest absolute Gasteiger partial charge is 0.383 e. The molecular formula is C25H31N3O5S2. The minimum Gasteiger partial charge on any atom is -0.383 e. The van der Waals surface area contributed by atoms with E-state index in [2.05, 4.69) is 17.1 Å². The zero-order valence-corrected chi connectivity index (χ0v) is 22.3. The van der Waals surface area contributed by atoms with Crippen LogP contribution in [0.2, 0.25) is 0 Å². The molecule has 8 nitrogen and oxygen atoms in total. The van der Waals surface area contributed by atoms with E-state index in [-0.39, 0.29) is 17.1 Å². The lowest BCUT2D eigenvalue weighted by Crippen LogP contribution is -2.48. The molecule has 1 aliphatic rings. The van der Waals surface area contributed by atoms with E-state index in [0.717, 1.165) is 21.3 Å². The molecule has 35 heavy (non-hydrogen) atoms. The molecule has 0 saturated carbocycles. The number of aromatic nitrogens is 1. The number of sulfonamides is 1. The maximum atomic E-state index is 13.1. The van der Waals surface area contributed by atoms with Gasteiger partial charge in [0, 0.05) is 32.3 Å². The summed E-state index contributed by atoms with van der Waals surface area (Å²) in [6.45, 7) is 9.47. The SMILES string of the molecule is COCCn1c(=NC(=O)c2ccc(S(=O)(=O)N3CC(C)OC(C)C3)cc2)sc2c(C)cc(C)cc21. The van der Waals surface area contributed by atoms with E-state index < -0.39 is 15.9 Å². The highest BCUT2D eigenvalue weighted by Crippen LogP contribution is 2.24. The molecule has 0 radical (unpaired) electrons. The molecule has 188 valence electrons. The van der Waals surface area contributed by atoms with Crippen LogP contribution >= 0.6 is 11.3 Å². The maximum absolute atomic E-state index is 13.1. The lowest BCUT2D eigenvalue weighted by atomic mass is 10.1. The van der Waals surface area contributed by atoms with Gasteiger partial charge in [-0.1, -0.05) is 17.4 Å². The maximum Gasteiger partial charge on any atom is 0.279 e. The predicted octanol–water partition coefficient (Wildman–Crippen LogP) is 3.51. The Morgan fingerprint density at radius 1 is 1.14 bits per heavy atom. The Morgan fingerprint density at radius 3 is 2.43 bits per heavy atom. The first-order chi connectivity index (χ1) is 16.6. The molecule has 1 fully saturated rings. The number of aryl methyl sites for hydroxylation is 2. The van der Waals surface area contributed by atoms with Crippen LogP contribution < -0.4 is 4.80 Å². The molecule has 1 saturated heterocycles. The molecule has 0 bridgehead atoms. The smallest absolute Gasteiger partial charge is 0.279 e. The van der Waals surface area contributed by atoms with Gasteiger partial charge in [-0.2, -0.15) is 9.30 Å². The number of hydrogen-bond donors (Lipinski definition) is 0. The Bertz CT molecular complexity index is 1400. The second-order valence-corrected chi connectivity index (χ2v) is 11.9. The third-order valence-corrected chi connectivity index (χ3v) is 9.03. The second-order valence-electron chi connectivity index (χ2n) is 8.98. The van der Waals surface area contributed by atoms with Crippen LogP contribution in [0.4, 0.5) is 0 Å². The quantitative estimate of drug-likeness (QED) is 0.499. The first-order valence-electron chi connectivity index (χ1n) is 11.5. The highest BCUT2D eigenvalue weighted by Gasteiger charge is 2.32. The number of ether oxygens (including phenoxy) is 2. The molecule has 0 aliphatic carbocycles. The Morgan fingerprint density at radius 2 is 1.80 bits per heavy atom. The Balaban J connectivity index is 1.65. The van der Waals surface area contributed by atoms with Crippen molar-refractivity contribution in [1.82, 2.24) is 8.87 Å². The van der Waals surface area contributed by atoms with Gasteiger partial charge in [-0.25, -0.2) is 8.42 Å². The number of hydrogen-bond acceptors (Lipinski definition) is 6. The zero-order valence-electron chi connectivity index (χ0n) is 20.6. The van der Waals surface area contributed by atoms with E-state index >= 15 is 0 Å². The van der Waals surface area contributed by atoms with Crippen molar-refractivity contribution in [3.63, 3.8) is 0 Å². The summed E-state index contributed by atoms with van der Waals surface area (Å²) in [5.74, 6) is -0.422. The number of benzene rings is 2. The number of nitrogens with zero attached hydrogens (tertiary/aromatic N) is 3. The van der Waals surface area contributed by atoms with E-state index in [0.29, 0.717) is 36.6 Å². The van der Waals surface area contributed by atoms with E-state index in [1.54, 1.807) is 7.11 Å². The van der Waals surface area contributed by atoms with Gasteiger partial charge >= 0.3 is 0 Å². The van der Waals surface area contributed by atoms with Crippen LogP contribution in [0.3, 0.4) is 0 Å². The monoisotopic (exact) mass is 517 g/mol. The average Bonchev–Trinajstić information content (AvgIpc) is 3.14. The fraction of sp³-hybridized carbons (Fsp3) is 0.440. The molecule has 1 aliphatic heterocycles. The molecule has 2 unspecified atom stereocenters. The Kier molecular flexibility index (Phi) is 7.58. The number of carbonyl (C=O) groups is 1. The number of amides is 1. The first-order valence-corrected chi connectivity index (χ1v) is 13.8. The summed E-state index contributed by atoms with van der Waals surface area (Å²) < 4.78 is 41.6. The van der Waals surface area contributed by atoms with E-state index in [1.165, 1.54) is 39.9 Å². The lowest BCUT2D eigenvalue weighted by Gasteiger charge is -2.34. The summed E-state index contributed by atoms with van der Waals surface area (Å²) in [5.41, 5.74) is 3.62. The summed E-state index contributed by atoms with van der Waals surface area (Å²) in [6.07, 6.45) is -0.349. The van der Waals surface area contributed by atoms with E-state index in [1.807, 2.05) is 32.3 Å². The first kappa shape index (κ1) is 25.7. The van der Waals surface area contributed by atoms with Crippen LogP contribution in [-0.4, -0.2) is 62.2 Å². The normalized spacial score (nSPS) is 20.0. The van der Waals surface area contributed by atoms with Crippen LogP contribution in [0.1, 0.15) is 35.3 Å². The summed E-state index contributed by atoms with van der Waals surface area (Å²) in [4.78, 5) is 18.2. The number of rotatable bonds is 6. The molecule has 2 heterocycles. The van der Waals surface area contributed by atoms with Gasteiger partial charge in [-0.3, -0.25) is 4.79 Å². The molecular weight excluding hydrogens is 486 g/mol. The molecule has 2 atom stereocenters. The third-order valence-electron chi connectivity index (χ3n) is 5.96. The zero-order chi connectivity index (χ0) is 25.3. The summed E-state index contributed by atoms with van der Waals surface area (Å²) in [6, 6.07) is 10.2. The third kappa shape index (κ3) is 5.41. The highest BCUT2D eigenvalue weighted by atomic mass is 32.2. The molecule has 1 aromatic heterocycles. The van der Waals surface area contributed by atoms with Crippen molar-refractivity contribution in [2.75, 3.05) is 26.8 Å². The number of morpholine rings is 1. The van der Waals surface area contributed by atoms with Gasteiger partial charge in [0.2, 0.25) is 10.0 Å². The van der Waals surface area contributed by atoms with Crippen LogP contribution in [0.15, 0.2) is 46.3 Å². The number of carbonyl (C=O) groups excluding carboxylic acids is 1. The average molecular weight is 518 g/mol. The second kappa shape index (κ2) is 10.3. The van der Waals surface area contributed by atoms with Crippen molar-refractivity contribution < 1.29 is 22.7 Å². The lowest BCUT2D eigenvalue weighted by molar-refractivity contribution is -0.0440. The fourth-order valence-electron chi connectivity index (χ4n) is 4.39. The molecule has 3 aromatic rings. The Hall–Kier alpha value is -2.37. The van der Waals surface area contributed by atoms with Gasteiger partial charge in [0.05, 0.1) is 33.9 Å². The summed E-state index contributed by atoms with van der Waals surface area (Å²) >= 11 is 1.46. The van der Waals surface area contributed by atoms with E-state index in [4.69, 9.17) is 9.47 Å². The molecule has 1 amide bonds. The van der Waals surface area contributed by atoms with Crippen molar-refractivity contribution in [2.45, 2.75) is 51.3 Å². The topological polar surface area (TPSA) is 90.2 Å². The Labute approximate surface area is 209 Å². The van der Waals surface area contributed by atoms with Gasteiger partial charge in [-0.05, 0) is 69.2 Å². The minimum atomic E-state index is -3.68. The van der Waals surface area contributed by atoms with Crippen LogP contribution in [0.25, 0.3) is 10.2 Å². The van der Waals surface area contributed by atoms with Crippen LogP contribution in [-0.2, 0) is 26.0 Å². The summed E-state index contributed by atoms with van der Waals surface area (Å²) in [5, 5.41) is 0. The van der Waals surface area contributed by atoms with Gasteiger partial charge in [0.1, 0.15) is 0 Å². The molecule has 4 rings (SSSR count). The van der Waals surface area contributed by atoms with Crippen molar-refractivity contribution in [3.8, 4) is 0 Å². The van der Waals surface area contributed by atoms with Gasteiger partial charge in [0.15, 0.2) is 4.80 Å². The van der Waals surface area contributed by atoms with Crippen molar-refractivity contribution >= 4 is 37.5 Å². The van der Waals surface area contributed by atoms with Gasteiger partial charge < -0.3 is 14.0 Å². The van der Waals surface area contributed by atoms with Gasteiger partial charge in [0.25, 0.3) is 5.91 Å². The standard InChI is InChI=1S/C25H31N3O5S2/c1-16-12-17(2)23-22(13-16)28(10-11-32-5)25(34-23)26-24(29)20-6-8-21(9-7-20)35(30,31)27-14-18(3)33-19(4)15-27/h6-9,12-13,18-19H,10-11,14-15H2,1-5H3. The van der Waals surface area contributed by atoms with Crippen LogP contribution in [0, 0.1) is 13.8 Å². The fourth-order valence-corrected chi connectivity index (χ4v) is 7.09. The van der Waals surface area contributed by atoms with E-state index in [9.17, 15) is 13.2 Å². The van der Waals surface area contributed by atoms with Crippen molar-refractivity contribution in [2.24, 2.45) is 4.99 Å². The molecule has 0 spiro atoms. The minimum absolute atomic E-state index is 0.151. The number of fused-ring (bicyclic) bond motifs is 1.